The average Bonchev–Trinajstić information content (AvgIpc) is 2.88. The number of aromatic nitrogens is 3. The fourth-order valence-electron chi connectivity index (χ4n) is 3.80. The molecule has 152 valence electrons. The average molecular weight is 395 g/mol. The number of aryl methyl sites for hydroxylation is 2. The molecular weight excluding hydrogens is 369 g/mol. The van der Waals surface area contributed by atoms with Gasteiger partial charge in [0.25, 0.3) is 0 Å². The zero-order valence-electron chi connectivity index (χ0n) is 17.2. The van der Waals surface area contributed by atoms with Gasteiger partial charge in [0.2, 0.25) is 0 Å². The molecule has 5 nitrogen and oxygen atoms in total. The Bertz CT molecular complexity index is 1010. The predicted octanol–water partition coefficient (Wildman–Crippen LogP) is 4.73. The van der Waals surface area contributed by atoms with Gasteiger partial charge >= 0.3 is 0 Å². The molecule has 1 aromatic carbocycles. The summed E-state index contributed by atoms with van der Waals surface area (Å²) in [5.74, 6) is 0.728. The first-order chi connectivity index (χ1) is 14.1. The Morgan fingerprint density at radius 1 is 1.07 bits per heavy atom. The van der Waals surface area contributed by atoms with Crippen LogP contribution in [0.15, 0.2) is 30.3 Å². The van der Waals surface area contributed by atoms with E-state index >= 15 is 0 Å². The van der Waals surface area contributed by atoms with Gasteiger partial charge in [-0.2, -0.15) is 0 Å². The molecule has 0 radical (unpaired) electrons. The fourth-order valence-corrected chi connectivity index (χ4v) is 3.80. The summed E-state index contributed by atoms with van der Waals surface area (Å²) in [6.45, 7) is 8.47. The van der Waals surface area contributed by atoms with Gasteiger partial charge in [-0.05, 0) is 50.6 Å². The minimum Gasteiger partial charge on any atom is -0.491 e. The van der Waals surface area contributed by atoms with Crippen molar-refractivity contribution >= 4 is 0 Å². The van der Waals surface area contributed by atoms with Crippen LogP contribution in [0, 0.1) is 19.7 Å². The summed E-state index contributed by atoms with van der Waals surface area (Å²) < 4.78 is 27.7. The highest BCUT2D eigenvalue weighted by molar-refractivity contribution is 5.69. The number of halogens is 1. The molecule has 0 N–H and O–H groups in total. The van der Waals surface area contributed by atoms with Gasteiger partial charge in [-0.25, -0.2) is 9.37 Å². The number of hydrogen-bond acceptors (Lipinski definition) is 4. The topological polar surface area (TPSA) is 49.2 Å². The van der Waals surface area contributed by atoms with E-state index in [0.717, 1.165) is 52.6 Å². The van der Waals surface area contributed by atoms with Crippen molar-refractivity contribution in [2.24, 2.45) is 0 Å². The molecule has 0 bridgehead atoms. The first kappa shape index (κ1) is 19.6. The van der Waals surface area contributed by atoms with Crippen LogP contribution in [0.2, 0.25) is 0 Å². The molecule has 2 aromatic heterocycles. The third-order valence-electron chi connectivity index (χ3n) is 5.02. The Balaban J connectivity index is 1.85. The molecule has 0 amide bonds. The molecule has 29 heavy (non-hydrogen) atoms. The van der Waals surface area contributed by atoms with Crippen LogP contribution in [-0.4, -0.2) is 34.4 Å². The zero-order chi connectivity index (χ0) is 20.4. The second-order valence-corrected chi connectivity index (χ2v) is 7.38. The Morgan fingerprint density at radius 2 is 1.86 bits per heavy atom. The number of pyridine rings is 1. The number of imidazole rings is 1. The van der Waals surface area contributed by atoms with Crippen molar-refractivity contribution in [1.82, 2.24) is 14.5 Å². The molecule has 0 saturated carbocycles. The van der Waals surface area contributed by atoms with Crippen molar-refractivity contribution in [2.75, 3.05) is 19.8 Å². The van der Waals surface area contributed by atoms with Gasteiger partial charge in [-0.15, -0.1) is 0 Å². The van der Waals surface area contributed by atoms with Crippen molar-refractivity contribution in [3.05, 3.63) is 53.2 Å². The maximum atomic E-state index is 14.2. The van der Waals surface area contributed by atoms with E-state index in [2.05, 4.69) is 21.7 Å². The minimum absolute atomic E-state index is 0.267. The van der Waals surface area contributed by atoms with Crippen molar-refractivity contribution in [3.8, 4) is 28.4 Å². The molecule has 3 aromatic rings. The van der Waals surface area contributed by atoms with Crippen LogP contribution >= 0.6 is 0 Å². The van der Waals surface area contributed by atoms with Crippen molar-refractivity contribution < 1.29 is 13.9 Å². The van der Waals surface area contributed by atoms with Crippen molar-refractivity contribution in [1.29, 1.82) is 0 Å². The first-order valence-electron chi connectivity index (χ1n) is 10.1. The SMILES string of the molecule is CCCOc1cc(-c2nc(-c3cc(C)nc(C)c3)c3n2CCOCC3)ccc1F. The van der Waals surface area contributed by atoms with Crippen LogP contribution in [0.25, 0.3) is 22.6 Å². The normalized spacial score (nSPS) is 13.8. The van der Waals surface area contributed by atoms with Gasteiger partial charge in [-0.1, -0.05) is 6.92 Å². The minimum atomic E-state index is -0.353. The van der Waals surface area contributed by atoms with Gasteiger partial charge in [0, 0.05) is 41.2 Å². The van der Waals surface area contributed by atoms with E-state index in [0.29, 0.717) is 26.4 Å². The predicted molar refractivity (Wildman–Crippen MR) is 111 cm³/mol. The first-order valence-corrected chi connectivity index (χ1v) is 10.1. The van der Waals surface area contributed by atoms with E-state index in [9.17, 15) is 4.39 Å². The van der Waals surface area contributed by atoms with Crippen LogP contribution in [0.1, 0.15) is 30.4 Å². The summed E-state index contributed by atoms with van der Waals surface area (Å²) in [7, 11) is 0. The highest BCUT2D eigenvalue weighted by atomic mass is 19.1. The summed E-state index contributed by atoms with van der Waals surface area (Å²) in [4.78, 5) is 9.50. The number of benzene rings is 1. The van der Waals surface area contributed by atoms with Gasteiger partial charge in [0.05, 0.1) is 25.5 Å². The van der Waals surface area contributed by atoms with Crippen molar-refractivity contribution in [3.63, 3.8) is 0 Å². The Labute approximate surface area is 170 Å². The fraction of sp³-hybridized carbons (Fsp3) is 0.391. The van der Waals surface area contributed by atoms with E-state index in [-0.39, 0.29) is 11.6 Å². The summed E-state index contributed by atoms with van der Waals surface area (Å²) in [5, 5.41) is 0. The Kier molecular flexibility index (Phi) is 5.62. The molecule has 4 rings (SSSR count). The summed E-state index contributed by atoms with van der Waals surface area (Å²) in [5.41, 5.74) is 5.91. The number of ether oxygens (including phenoxy) is 2. The monoisotopic (exact) mass is 395 g/mol. The molecule has 6 heteroatoms. The van der Waals surface area contributed by atoms with Gasteiger partial charge in [0.1, 0.15) is 5.82 Å². The van der Waals surface area contributed by atoms with E-state index in [1.54, 1.807) is 12.1 Å². The quantitative estimate of drug-likeness (QED) is 0.627. The number of nitrogens with zero attached hydrogens (tertiary/aromatic N) is 3. The molecule has 0 fully saturated rings. The standard InChI is InChI=1S/C23H26FN3O2/c1-4-9-29-21-14-17(5-6-19(21)24)23-26-22(18-12-15(2)25-16(3)13-18)20-7-10-28-11-8-27(20)23/h5-6,12-14H,4,7-11H2,1-3H3. The number of hydrogen-bond donors (Lipinski definition) is 0. The molecule has 3 heterocycles. The molecule has 0 saturated heterocycles. The zero-order valence-corrected chi connectivity index (χ0v) is 17.2. The molecule has 1 aliphatic heterocycles. The Morgan fingerprint density at radius 3 is 2.62 bits per heavy atom. The van der Waals surface area contributed by atoms with Crippen LogP contribution in [-0.2, 0) is 17.7 Å². The third kappa shape index (κ3) is 4.03. The van der Waals surface area contributed by atoms with Crippen LogP contribution < -0.4 is 4.74 Å². The van der Waals surface area contributed by atoms with E-state index < -0.39 is 0 Å². The molecule has 0 unspecified atom stereocenters. The lowest BCUT2D eigenvalue weighted by Gasteiger charge is -2.11. The summed E-state index contributed by atoms with van der Waals surface area (Å²) >= 11 is 0. The highest BCUT2D eigenvalue weighted by Crippen LogP contribution is 2.33. The maximum absolute atomic E-state index is 14.2. The van der Waals surface area contributed by atoms with Crippen LogP contribution in [0.3, 0.4) is 0 Å². The van der Waals surface area contributed by atoms with Crippen molar-refractivity contribution in [2.45, 2.75) is 40.2 Å². The van der Waals surface area contributed by atoms with Gasteiger partial charge in [0.15, 0.2) is 11.6 Å². The van der Waals surface area contributed by atoms with E-state index in [1.807, 2.05) is 20.8 Å². The number of fused-ring (bicyclic) bond motifs is 1. The summed E-state index contributed by atoms with van der Waals surface area (Å²) in [6, 6.07) is 9.09. The molecular formula is C23H26FN3O2. The smallest absolute Gasteiger partial charge is 0.165 e. The second-order valence-electron chi connectivity index (χ2n) is 7.38. The molecule has 1 aliphatic rings. The summed E-state index contributed by atoms with van der Waals surface area (Å²) in [6.07, 6.45) is 1.60. The highest BCUT2D eigenvalue weighted by Gasteiger charge is 2.22. The van der Waals surface area contributed by atoms with Crippen LogP contribution in [0.5, 0.6) is 5.75 Å². The lowest BCUT2D eigenvalue weighted by molar-refractivity contribution is 0.140. The molecule has 0 atom stereocenters. The van der Waals surface area contributed by atoms with Crippen LogP contribution in [0.4, 0.5) is 4.39 Å². The molecule has 0 spiro atoms. The lowest BCUT2D eigenvalue weighted by Crippen LogP contribution is -2.06. The lowest BCUT2D eigenvalue weighted by atomic mass is 10.1. The van der Waals surface area contributed by atoms with Gasteiger partial charge < -0.3 is 14.0 Å². The second kappa shape index (κ2) is 8.33. The van der Waals surface area contributed by atoms with Gasteiger partial charge in [-0.3, -0.25) is 4.98 Å². The third-order valence-corrected chi connectivity index (χ3v) is 5.02. The number of rotatable bonds is 5. The molecule has 0 aliphatic carbocycles. The largest absolute Gasteiger partial charge is 0.491 e. The Hall–Kier alpha value is -2.73. The maximum Gasteiger partial charge on any atom is 0.165 e. The van der Waals surface area contributed by atoms with E-state index in [1.165, 1.54) is 6.07 Å². The van der Waals surface area contributed by atoms with E-state index in [4.69, 9.17) is 14.5 Å².